The van der Waals surface area contributed by atoms with Crippen molar-refractivity contribution in [3.8, 4) is 11.4 Å². The number of nitrogens with zero attached hydrogens (tertiary/aromatic N) is 4. The van der Waals surface area contributed by atoms with Gasteiger partial charge in [0.25, 0.3) is 0 Å². The average Bonchev–Trinajstić information content (AvgIpc) is 3.35. The molecule has 0 amide bonds. The maximum atomic E-state index is 15.4. The molecule has 3 aliphatic heterocycles. The second-order valence-electron chi connectivity index (χ2n) is 12.0. The van der Waals surface area contributed by atoms with Crippen molar-refractivity contribution < 1.29 is 12.8 Å². The molecule has 3 saturated heterocycles. The van der Waals surface area contributed by atoms with Gasteiger partial charge >= 0.3 is 0 Å². The third-order valence-corrected chi connectivity index (χ3v) is 10.5. The highest BCUT2D eigenvalue weighted by Crippen LogP contribution is 2.41. The van der Waals surface area contributed by atoms with Crippen molar-refractivity contribution in [1.29, 1.82) is 0 Å². The fourth-order valence-corrected chi connectivity index (χ4v) is 8.18. The lowest BCUT2D eigenvalue weighted by Gasteiger charge is -2.46. The number of benzene rings is 2. The number of aromatic nitrogens is 2. The highest BCUT2D eigenvalue weighted by molar-refractivity contribution is 7.90. The van der Waals surface area contributed by atoms with Gasteiger partial charge in [0.15, 0.2) is 9.84 Å². The van der Waals surface area contributed by atoms with Crippen LogP contribution in [0, 0.1) is 5.82 Å². The number of hydrogen-bond acceptors (Lipinski definition) is 5. The number of halogens is 1. The van der Waals surface area contributed by atoms with Crippen molar-refractivity contribution in [2.45, 2.75) is 87.4 Å². The van der Waals surface area contributed by atoms with E-state index in [0.29, 0.717) is 23.4 Å². The number of sulfone groups is 1. The number of rotatable bonds is 5. The zero-order chi connectivity index (χ0) is 26.8. The lowest BCUT2D eigenvalue weighted by atomic mass is 9.86. The maximum absolute atomic E-state index is 15.4. The third kappa shape index (κ3) is 4.58. The molecule has 38 heavy (non-hydrogen) atoms. The molecule has 3 aliphatic rings. The molecule has 1 aromatic heterocycles. The minimum Gasteiger partial charge on any atom is -0.327 e. The Morgan fingerprint density at radius 1 is 0.947 bits per heavy atom. The number of likely N-dealkylation sites (tertiary alicyclic amines) is 1. The number of aryl methyl sites for hydroxylation is 1. The summed E-state index contributed by atoms with van der Waals surface area (Å²) in [6.45, 7) is 6.75. The number of hydrogen-bond donors (Lipinski definition) is 0. The van der Waals surface area contributed by atoms with Crippen molar-refractivity contribution >= 4 is 20.9 Å². The summed E-state index contributed by atoms with van der Waals surface area (Å²) in [5, 5.41) is 0. The SMILES string of the molecule is CC(C)N1C2CCC1CC(N1CCC(c3cc4c(cc3F)nc(-c3ccc(S(C)(=O)=O)cc3)n4C)CC1)C2. The van der Waals surface area contributed by atoms with Crippen LogP contribution in [-0.2, 0) is 16.9 Å². The molecule has 2 aromatic carbocycles. The summed E-state index contributed by atoms with van der Waals surface area (Å²) in [5.74, 6) is 0.751. The zero-order valence-electron chi connectivity index (χ0n) is 22.9. The van der Waals surface area contributed by atoms with Crippen LogP contribution < -0.4 is 0 Å². The Balaban J connectivity index is 1.18. The van der Waals surface area contributed by atoms with E-state index in [0.717, 1.165) is 54.7 Å². The average molecular weight is 539 g/mol. The molecule has 3 aromatic rings. The summed E-state index contributed by atoms with van der Waals surface area (Å²) < 4.78 is 41.0. The maximum Gasteiger partial charge on any atom is 0.175 e. The zero-order valence-corrected chi connectivity index (χ0v) is 23.7. The standard InChI is InChI=1S/C30H39FN4O2S/c1-19(2)35-22-7-8-23(35)16-24(15-22)34-13-11-20(12-14-34)26-17-29-28(18-27(26)31)32-30(33(29)3)21-5-9-25(10-6-21)38(4,36)37/h5-6,9-10,17-20,22-24H,7-8,11-16H2,1-4H3. The van der Waals surface area contributed by atoms with Gasteiger partial charge in [-0.15, -0.1) is 0 Å². The van der Waals surface area contributed by atoms with Gasteiger partial charge in [0.1, 0.15) is 11.6 Å². The first-order valence-corrected chi connectivity index (χ1v) is 16.0. The van der Waals surface area contributed by atoms with Crippen LogP contribution in [0.4, 0.5) is 4.39 Å². The summed E-state index contributed by atoms with van der Waals surface area (Å²) in [4.78, 5) is 10.4. The lowest BCUT2D eigenvalue weighted by molar-refractivity contribution is 0.0297. The van der Waals surface area contributed by atoms with Crippen LogP contribution in [0.25, 0.3) is 22.4 Å². The molecule has 2 atom stereocenters. The van der Waals surface area contributed by atoms with E-state index < -0.39 is 9.84 Å². The summed E-state index contributed by atoms with van der Waals surface area (Å²) in [6.07, 6.45) is 8.42. The molecule has 3 fully saturated rings. The summed E-state index contributed by atoms with van der Waals surface area (Å²) in [7, 11) is -1.32. The Morgan fingerprint density at radius 2 is 1.58 bits per heavy atom. The van der Waals surface area contributed by atoms with E-state index in [9.17, 15) is 8.42 Å². The van der Waals surface area contributed by atoms with E-state index >= 15 is 4.39 Å². The van der Waals surface area contributed by atoms with E-state index in [-0.39, 0.29) is 16.6 Å². The first-order chi connectivity index (χ1) is 18.1. The summed E-state index contributed by atoms with van der Waals surface area (Å²) in [6, 6.07) is 13.1. The molecule has 6 rings (SSSR count). The van der Waals surface area contributed by atoms with E-state index in [1.807, 2.05) is 17.7 Å². The van der Waals surface area contributed by atoms with Crippen molar-refractivity contribution in [3.05, 3.63) is 47.8 Å². The number of imidazole rings is 1. The van der Waals surface area contributed by atoms with Crippen LogP contribution in [0.2, 0.25) is 0 Å². The van der Waals surface area contributed by atoms with Gasteiger partial charge in [-0.2, -0.15) is 0 Å². The fraction of sp³-hybridized carbons (Fsp3) is 0.567. The van der Waals surface area contributed by atoms with Crippen molar-refractivity contribution in [2.75, 3.05) is 19.3 Å². The first kappa shape index (κ1) is 26.0. The molecule has 204 valence electrons. The third-order valence-electron chi connectivity index (χ3n) is 9.39. The van der Waals surface area contributed by atoms with E-state index in [2.05, 4.69) is 23.6 Å². The van der Waals surface area contributed by atoms with Crippen LogP contribution in [0.1, 0.15) is 63.9 Å². The number of fused-ring (bicyclic) bond motifs is 3. The predicted molar refractivity (Wildman–Crippen MR) is 150 cm³/mol. The van der Waals surface area contributed by atoms with Crippen molar-refractivity contribution in [3.63, 3.8) is 0 Å². The van der Waals surface area contributed by atoms with Crippen LogP contribution >= 0.6 is 0 Å². The second-order valence-corrected chi connectivity index (χ2v) is 14.0. The summed E-state index contributed by atoms with van der Waals surface area (Å²) >= 11 is 0. The van der Waals surface area contributed by atoms with Crippen LogP contribution in [0.5, 0.6) is 0 Å². The predicted octanol–water partition coefficient (Wildman–Crippen LogP) is 5.37. The Bertz CT molecular complexity index is 1430. The molecular weight excluding hydrogens is 499 g/mol. The quantitative estimate of drug-likeness (QED) is 0.437. The normalized spacial score (nSPS) is 25.6. The van der Waals surface area contributed by atoms with Gasteiger partial charge in [0.2, 0.25) is 0 Å². The van der Waals surface area contributed by atoms with Gasteiger partial charge in [-0.3, -0.25) is 4.90 Å². The molecule has 8 heteroatoms. The van der Waals surface area contributed by atoms with Crippen LogP contribution in [0.3, 0.4) is 0 Å². The van der Waals surface area contributed by atoms with E-state index in [4.69, 9.17) is 4.98 Å². The lowest BCUT2D eigenvalue weighted by Crippen LogP contribution is -2.53. The van der Waals surface area contributed by atoms with Crippen LogP contribution in [0.15, 0.2) is 41.3 Å². The van der Waals surface area contributed by atoms with Gasteiger partial charge in [0, 0.05) is 49.1 Å². The minimum atomic E-state index is -3.26. The molecule has 0 N–H and O–H groups in total. The Labute approximate surface area is 225 Å². The number of piperidine rings is 2. The van der Waals surface area contributed by atoms with Crippen LogP contribution in [-0.4, -0.2) is 71.3 Å². The fourth-order valence-electron chi connectivity index (χ4n) is 7.55. The van der Waals surface area contributed by atoms with Gasteiger partial charge in [0.05, 0.1) is 15.9 Å². The van der Waals surface area contributed by atoms with E-state index in [1.54, 1.807) is 30.3 Å². The molecule has 0 spiro atoms. The first-order valence-electron chi connectivity index (χ1n) is 14.1. The second kappa shape index (κ2) is 9.72. The molecule has 6 nitrogen and oxygen atoms in total. The Morgan fingerprint density at radius 3 is 2.16 bits per heavy atom. The smallest absolute Gasteiger partial charge is 0.175 e. The molecule has 0 aliphatic carbocycles. The largest absolute Gasteiger partial charge is 0.327 e. The van der Waals surface area contributed by atoms with Gasteiger partial charge in [-0.05, 0) is 107 Å². The highest BCUT2D eigenvalue weighted by Gasteiger charge is 2.43. The molecule has 2 bridgehead atoms. The Hall–Kier alpha value is -2.29. The van der Waals surface area contributed by atoms with Gasteiger partial charge in [-0.25, -0.2) is 17.8 Å². The molecule has 0 radical (unpaired) electrons. The molecule has 2 unspecified atom stereocenters. The highest BCUT2D eigenvalue weighted by atomic mass is 32.2. The molecule has 4 heterocycles. The molecule has 0 saturated carbocycles. The minimum absolute atomic E-state index is 0.170. The Kier molecular flexibility index (Phi) is 6.64. The van der Waals surface area contributed by atoms with E-state index in [1.165, 1.54) is 31.9 Å². The summed E-state index contributed by atoms with van der Waals surface area (Å²) in [5.41, 5.74) is 3.14. The van der Waals surface area contributed by atoms with Gasteiger partial charge < -0.3 is 9.47 Å². The van der Waals surface area contributed by atoms with Crippen molar-refractivity contribution in [1.82, 2.24) is 19.4 Å². The van der Waals surface area contributed by atoms with Crippen molar-refractivity contribution in [2.24, 2.45) is 7.05 Å². The molecular formula is C30H39FN4O2S. The monoisotopic (exact) mass is 538 g/mol. The van der Waals surface area contributed by atoms with Gasteiger partial charge in [-0.1, -0.05) is 0 Å². The topological polar surface area (TPSA) is 58.4 Å².